The zero-order chi connectivity index (χ0) is 22.8. The molecule has 17 heteroatoms. The van der Waals surface area contributed by atoms with E-state index in [2.05, 4.69) is 0 Å². The maximum absolute atomic E-state index is 10.5. The number of rotatable bonds is 5. The molecule has 4 N–H and O–H groups in total. The van der Waals surface area contributed by atoms with Crippen molar-refractivity contribution < 1.29 is 87.0 Å². The summed E-state index contributed by atoms with van der Waals surface area (Å²) in [6.07, 6.45) is -9.28. The molecule has 0 aromatic carbocycles. The summed E-state index contributed by atoms with van der Waals surface area (Å²) in [4.78, 5) is 36.1. The minimum Gasteiger partial charge on any atom is -0.550 e. The molecule has 0 rings (SSSR count). The fourth-order valence-electron chi connectivity index (χ4n) is 0.407. The van der Waals surface area contributed by atoms with Gasteiger partial charge in [0.25, 0.3) is 0 Å². The number of nitrogens with two attached hydrogens (primary N) is 2. The second-order valence-corrected chi connectivity index (χ2v) is 3.78. The Kier molecular flexibility index (Phi) is 26.1. The standard InChI is InChI=1S/C4H12N2.C3H4O4.2C2HF3O2.Pt/c5-3-1-2-4-6;4-2(5)1-3(6)7;2*3-2(4,5)1(6)7;/h1-6H2;1H2,(H,4,5)(H,6,7);2*(H,6,7);/q;;;;+4/p-4. The van der Waals surface area contributed by atoms with Crippen LogP contribution in [0.5, 0.6) is 0 Å². The normalized spacial score (nSPS) is 9.57. The molecule has 0 atom stereocenters. The molecule has 0 aliphatic heterocycles. The van der Waals surface area contributed by atoms with Crippen LogP contribution in [0.15, 0.2) is 0 Å². The van der Waals surface area contributed by atoms with Crippen LogP contribution in [0, 0.1) is 0 Å². The number of carboxylic acids is 4. The maximum atomic E-state index is 10.5. The van der Waals surface area contributed by atoms with E-state index in [4.69, 9.17) is 31.3 Å². The van der Waals surface area contributed by atoms with E-state index >= 15 is 0 Å². The average Bonchev–Trinajstić information content (AvgIpc) is 2.43. The van der Waals surface area contributed by atoms with Crippen molar-refractivity contribution in [1.29, 1.82) is 0 Å². The number of carbonyl (C=O) groups excluding carboxylic acids is 4. The number of halogens is 6. The van der Waals surface area contributed by atoms with E-state index in [9.17, 15) is 46.1 Å². The fourth-order valence-corrected chi connectivity index (χ4v) is 0.407. The van der Waals surface area contributed by atoms with Crippen LogP contribution in [0.2, 0.25) is 0 Å². The molecule has 10 nitrogen and oxygen atoms in total. The Hall–Kier alpha value is -1.93. The molecule has 0 aliphatic carbocycles. The number of hydrogen-bond donors (Lipinski definition) is 2. The van der Waals surface area contributed by atoms with E-state index in [-0.39, 0.29) is 21.1 Å². The van der Waals surface area contributed by atoms with Gasteiger partial charge in [-0.2, -0.15) is 26.3 Å². The molecule has 0 saturated heterocycles. The second kappa shape index (κ2) is 19.8. The van der Waals surface area contributed by atoms with Gasteiger partial charge in [-0.3, -0.25) is 0 Å². The Morgan fingerprint density at radius 2 is 0.821 bits per heavy atom. The fraction of sp³-hybridized carbons (Fsp3) is 0.636. The zero-order valence-electron chi connectivity index (χ0n) is 13.5. The van der Waals surface area contributed by atoms with E-state index < -0.39 is 42.7 Å². The van der Waals surface area contributed by atoms with Gasteiger partial charge in [0.1, 0.15) is 11.9 Å². The topological polar surface area (TPSA) is 213 Å². The first kappa shape index (κ1) is 36.9. The number of carboxylic acid groups (broad SMARTS) is 4. The summed E-state index contributed by atoms with van der Waals surface area (Å²) in [7, 11) is 0. The SMILES string of the molecule is NCCCCN.O=C([O-])C(F)(F)F.O=C([O-])C(F)(F)F.O=C([O-])CC(=O)[O-].[Pt+4]. The van der Waals surface area contributed by atoms with Crippen molar-refractivity contribution in [3.05, 3.63) is 0 Å². The van der Waals surface area contributed by atoms with Gasteiger partial charge in [0.2, 0.25) is 0 Å². The Morgan fingerprint density at radius 3 is 0.857 bits per heavy atom. The van der Waals surface area contributed by atoms with Gasteiger partial charge in [-0.15, -0.1) is 0 Å². The van der Waals surface area contributed by atoms with Crippen LogP contribution in [0.4, 0.5) is 26.3 Å². The van der Waals surface area contributed by atoms with Gasteiger partial charge < -0.3 is 51.1 Å². The summed E-state index contributed by atoms with van der Waals surface area (Å²) < 4.78 is 63.1. The van der Waals surface area contributed by atoms with E-state index in [1.54, 1.807) is 0 Å². The van der Waals surface area contributed by atoms with Gasteiger partial charge in [0.15, 0.2) is 0 Å². The number of hydrogen-bond acceptors (Lipinski definition) is 10. The Bertz CT molecular complexity index is 419. The second-order valence-electron chi connectivity index (χ2n) is 3.78. The average molecular weight is 611 g/mol. The van der Waals surface area contributed by atoms with Gasteiger partial charge in [-0.1, -0.05) is 0 Å². The van der Waals surface area contributed by atoms with Gasteiger partial charge in [0, 0.05) is 18.4 Å². The van der Waals surface area contributed by atoms with Gasteiger partial charge in [0.05, 0.1) is 0 Å². The molecule has 0 unspecified atom stereocenters. The Balaban J connectivity index is -0.0000000831. The van der Waals surface area contributed by atoms with Gasteiger partial charge in [-0.05, 0) is 25.9 Å². The number of unbranched alkanes of at least 4 members (excludes halogenated alkanes) is 1. The summed E-state index contributed by atoms with van der Waals surface area (Å²) in [5, 5.41) is 36.1. The van der Waals surface area contributed by atoms with Crippen molar-refractivity contribution in [3.8, 4) is 0 Å². The van der Waals surface area contributed by atoms with Crippen LogP contribution >= 0.6 is 0 Å². The summed E-state index contributed by atoms with van der Waals surface area (Å²) in [6, 6.07) is 0. The molecular formula is C11H14F6N2O8Pt. The minimum absolute atomic E-state index is 0. The van der Waals surface area contributed by atoms with Crippen molar-refractivity contribution in [2.45, 2.75) is 31.6 Å². The Morgan fingerprint density at radius 1 is 0.643 bits per heavy atom. The monoisotopic (exact) mass is 611 g/mol. The van der Waals surface area contributed by atoms with Crippen LogP contribution in [-0.4, -0.2) is 49.3 Å². The van der Waals surface area contributed by atoms with Crippen molar-refractivity contribution in [2.24, 2.45) is 11.5 Å². The van der Waals surface area contributed by atoms with Crippen LogP contribution < -0.4 is 31.9 Å². The van der Waals surface area contributed by atoms with Crippen LogP contribution in [0.3, 0.4) is 0 Å². The molecule has 0 radical (unpaired) electrons. The minimum atomic E-state index is -5.19. The van der Waals surface area contributed by atoms with Crippen molar-refractivity contribution >= 4 is 23.9 Å². The molecular weight excluding hydrogens is 597 g/mol. The molecule has 0 heterocycles. The van der Waals surface area contributed by atoms with E-state index in [1.807, 2.05) is 0 Å². The van der Waals surface area contributed by atoms with Gasteiger partial charge in [-0.25, -0.2) is 0 Å². The predicted molar refractivity (Wildman–Crippen MR) is 64.1 cm³/mol. The first-order valence-corrected chi connectivity index (χ1v) is 6.29. The van der Waals surface area contributed by atoms with E-state index in [1.165, 1.54) is 0 Å². The summed E-state index contributed by atoms with van der Waals surface area (Å²) >= 11 is 0. The number of alkyl halides is 6. The third-order valence-corrected chi connectivity index (χ3v) is 1.41. The third kappa shape index (κ3) is 44.0. The molecule has 168 valence electrons. The maximum Gasteiger partial charge on any atom is 4.00 e. The largest absolute Gasteiger partial charge is 4.00 e. The smallest absolute Gasteiger partial charge is 0.550 e. The summed E-state index contributed by atoms with van der Waals surface area (Å²) in [6.45, 7) is 1.55. The zero-order valence-corrected chi connectivity index (χ0v) is 15.8. The van der Waals surface area contributed by atoms with E-state index in [0.29, 0.717) is 0 Å². The molecule has 0 fully saturated rings. The van der Waals surface area contributed by atoms with Crippen LogP contribution in [0.1, 0.15) is 19.3 Å². The summed E-state index contributed by atoms with van der Waals surface area (Å²) in [5.41, 5.74) is 10.3. The number of carbonyl (C=O) groups is 4. The molecule has 0 saturated carbocycles. The number of aliphatic carboxylic acids is 4. The van der Waals surface area contributed by atoms with Crippen LogP contribution in [-0.2, 0) is 40.2 Å². The first-order chi connectivity index (χ1) is 11.9. The molecule has 0 aromatic rings. The van der Waals surface area contributed by atoms with Crippen molar-refractivity contribution in [1.82, 2.24) is 0 Å². The third-order valence-electron chi connectivity index (χ3n) is 1.41. The van der Waals surface area contributed by atoms with Gasteiger partial charge >= 0.3 is 33.4 Å². The molecule has 0 amide bonds. The molecule has 0 spiro atoms. The molecule has 0 aromatic heterocycles. The summed E-state index contributed by atoms with van der Waals surface area (Å²) in [5.74, 6) is -9.26. The van der Waals surface area contributed by atoms with Crippen molar-refractivity contribution in [2.75, 3.05) is 13.1 Å². The van der Waals surface area contributed by atoms with E-state index in [0.717, 1.165) is 25.9 Å². The van der Waals surface area contributed by atoms with Crippen molar-refractivity contribution in [3.63, 3.8) is 0 Å². The first-order valence-electron chi connectivity index (χ1n) is 6.29. The molecule has 0 bridgehead atoms. The molecule has 28 heavy (non-hydrogen) atoms. The predicted octanol–water partition coefficient (Wildman–Crippen LogP) is -4.84. The quantitative estimate of drug-likeness (QED) is 0.172. The Labute approximate surface area is 167 Å². The molecule has 0 aliphatic rings. The van der Waals surface area contributed by atoms with Crippen LogP contribution in [0.25, 0.3) is 0 Å².